The second-order valence-electron chi connectivity index (χ2n) is 6.11. The van der Waals surface area contributed by atoms with Gasteiger partial charge in [-0.1, -0.05) is 35.9 Å². The van der Waals surface area contributed by atoms with Gasteiger partial charge in [-0.15, -0.1) is 0 Å². The van der Waals surface area contributed by atoms with Crippen LogP contribution in [0.25, 0.3) is 11.4 Å². The minimum Gasteiger partial charge on any atom is -0.324 e. The predicted molar refractivity (Wildman–Crippen MR) is 104 cm³/mol. The van der Waals surface area contributed by atoms with Gasteiger partial charge in [0.1, 0.15) is 6.54 Å². The first-order valence-electron chi connectivity index (χ1n) is 8.12. The van der Waals surface area contributed by atoms with Crippen molar-refractivity contribution in [3.05, 3.63) is 68.5 Å². The number of nitro groups is 1. The van der Waals surface area contributed by atoms with E-state index in [0.717, 1.165) is 11.1 Å². The number of nitrogens with one attached hydrogen (secondary N) is 2. The van der Waals surface area contributed by atoms with Crippen LogP contribution in [0.3, 0.4) is 0 Å². The molecule has 2 N–H and O–H groups in total. The van der Waals surface area contributed by atoms with Crippen LogP contribution in [-0.4, -0.2) is 25.6 Å². The number of nitro benzene ring substituents is 1. The van der Waals surface area contributed by atoms with Gasteiger partial charge in [-0.3, -0.25) is 24.6 Å². The van der Waals surface area contributed by atoms with Crippen molar-refractivity contribution in [3.63, 3.8) is 0 Å². The SMILES string of the molecule is Cc1ccc(-c2n[nH]c(=S)n2CC(=O)Nc2ccc(C)c([N+](=O)[O-])c2)cc1. The summed E-state index contributed by atoms with van der Waals surface area (Å²) in [4.78, 5) is 23.0. The molecule has 8 nitrogen and oxygen atoms in total. The first-order valence-corrected chi connectivity index (χ1v) is 8.53. The summed E-state index contributed by atoms with van der Waals surface area (Å²) in [7, 11) is 0. The van der Waals surface area contributed by atoms with E-state index in [0.29, 0.717) is 21.8 Å². The molecule has 0 aliphatic heterocycles. The molecule has 0 unspecified atom stereocenters. The number of H-pyrrole nitrogens is 1. The Balaban J connectivity index is 1.82. The van der Waals surface area contributed by atoms with Crippen molar-refractivity contribution in [3.8, 4) is 11.4 Å². The molecule has 2 aromatic carbocycles. The summed E-state index contributed by atoms with van der Waals surface area (Å²) in [6, 6.07) is 12.2. The number of aromatic nitrogens is 3. The molecule has 27 heavy (non-hydrogen) atoms. The molecule has 0 aliphatic carbocycles. The lowest BCUT2D eigenvalue weighted by Crippen LogP contribution is -2.19. The van der Waals surface area contributed by atoms with Gasteiger partial charge in [0.15, 0.2) is 10.6 Å². The smallest absolute Gasteiger partial charge is 0.274 e. The maximum atomic E-state index is 12.4. The van der Waals surface area contributed by atoms with Crippen molar-refractivity contribution in [2.24, 2.45) is 0 Å². The normalized spacial score (nSPS) is 10.6. The number of hydrogen-bond acceptors (Lipinski definition) is 5. The molecular weight excluding hydrogens is 366 g/mol. The number of aromatic amines is 1. The average Bonchev–Trinajstić information content (AvgIpc) is 2.98. The number of aryl methyl sites for hydroxylation is 2. The lowest BCUT2D eigenvalue weighted by Gasteiger charge is -2.09. The highest BCUT2D eigenvalue weighted by molar-refractivity contribution is 7.71. The number of nitrogens with zero attached hydrogens (tertiary/aromatic N) is 3. The molecule has 3 rings (SSSR count). The van der Waals surface area contributed by atoms with E-state index in [4.69, 9.17) is 12.2 Å². The van der Waals surface area contributed by atoms with Gasteiger partial charge in [0.25, 0.3) is 5.69 Å². The molecular formula is C18H17N5O3S. The maximum absolute atomic E-state index is 12.4. The summed E-state index contributed by atoms with van der Waals surface area (Å²) < 4.78 is 1.90. The highest BCUT2D eigenvalue weighted by atomic mass is 32.1. The largest absolute Gasteiger partial charge is 0.324 e. The zero-order valence-electron chi connectivity index (χ0n) is 14.7. The van der Waals surface area contributed by atoms with Crippen LogP contribution < -0.4 is 5.32 Å². The molecule has 9 heteroatoms. The summed E-state index contributed by atoms with van der Waals surface area (Å²) in [5.41, 5.74) is 2.76. The second kappa shape index (κ2) is 7.50. The number of carbonyl (C=O) groups is 1. The van der Waals surface area contributed by atoms with Gasteiger partial charge >= 0.3 is 0 Å². The molecule has 0 spiro atoms. The molecule has 3 aromatic rings. The molecule has 0 radical (unpaired) electrons. The Kier molecular flexibility index (Phi) is 5.13. The molecule has 0 atom stereocenters. The molecule has 0 fully saturated rings. The van der Waals surface area contributed by atoms with E-state index >= 15 is 0 Å². The minimum atomic E-state index is -0.480. The van der Waals surface area contributed by atoms with E-state index in [9.17, 15) is 14.9 Å². The molecule has 1 aromatic heterocycles. The number of benzene rings is 2. The Bertz CT molecular complexity index is 1070. The van der Waals surface area contributed by atoms with E-state index in [2.05, 4.69) is 15.5 Å². The van der Waals surface area contributed by atoms with Gasteiger partial charge < -0.3 is 5.32 Å². The molecule has 0 bridgehead atoms. The number of amides is 1. The fourth-order valence-electron chi connectivity index (χ4n) is 2.62. The third-order valence-electron chi connectivity index (χ3n) is 4.06. The third kappa shape index (κ3) is 4.09. The molecule has 1 heterocycles. The van der Waals surface area contributed by atoms with Crippen LogP contribution in [0.15, 0.2) is 42.5 Å². The van der Waals surface area contributed by atoms with E-state index in [1.165, 1.54) is 6.07 Å². The van der Waals surface area contributed by atoms with Crippen LogP contribution in [0, 0.1) is 28.7 Å². The standard InChI is InChI=1S/C18H17N5O3S/c1-11-3-6-13(7-4-11)17-20-21-18(27)22(17)10-16(24)19-14-8-5-12(2)15(9-14)23(25)26/h3-9H,10H2,1-2H3,(H,19,24)(H,21,27). The lowest BCUT2D eigenvalue weighted by atomic mass is 10.1. The first kappa shape index (κ1) is 18.5. The topological polar surface area (TPSA) is 106 Å². The first-order chi connectivity index (χ1) is 12.8. The van der Waals surface area contributed by atoms with Gasteiger partial charge in [-0.2, -0.15) is 5.10 Å². The number of rotatable bonds is 5. The quantitative estimate of drug-likeness (QED) is 0.396. The molecule has 0 saturated heterocycles. The van der Waals surface area contributed by atoms with Crippen molar-refractivity contribution in [2.75, 3.05) is 5.32 Å². The molecule has 0 aliphatic rings. The van der Waals surface area contributed by atoms with Gasteiger partial charge in [0.2, 0.25) is 5.91 Å². The van der Waals surface area contributed by atoms with Gasteiger partial charge in [0.05, 0.1) is 4.92 Å². The Morgan fingerprint density at radius 2 is 1.96 bits per heavy atom. The van der Waals surface area contributed by atoms with E-state index in [1.807, 2.05) is 31.2 Å². The lowest BCUT2D eigenvalue weighted by molar-refractivity contribution is -0.385. The fourth-order valence-corrected chi connectivity index (χ4v) is 2.81. The highest BCUT2D eigenvalue weighted by Gasteiger charge is 2.15. The van der Waals surface area contributed by atoms with E-state index in [-0.39, 0.29) is 18.1 Å². The van der Waals surface area contributed by atoms with Crippen LogP contribution in [0.4, 0.5) is 11.4 Å². The zero-order valence-corrected chi connectivity index (χ0v) is 15.5. The Hall–Kier alpha value is -3.33. The molecule has 1 amide bonds. The van der Waals surface area contributed by atoms with Crippen molar-refractivity contribution in [1.29, 1.82) is 0 Å². The number of carbonyl (C=O) groups excluding carboxylic acids is 1. The Morgan fingerprint density at radius 3 is 2.63 bits per heavy atom. The highest BCUT2D eigenvalue weighted by Crippen LogP contribution is 2.23. The van der Waals surface area contributed by atoms with Crippen molar-refractivity contribution < 1.29 is 9.72 Å². The Labute approximate surface area is 160 Å². The van der Waals surface area contributed by atoms with Crippen LogP contribution in [0.5, 0.6) is 0 Å². The maximum Gasteiger partial charge on any atom is 0.274 e. The monoisotopic (exact) mass is 383 g/mol. The fraction of sp³-hybridized carbons (Fsp3) is 0.167. The van der Waals surface area contributed by atoms with E-state index < -0.39 is 4.92 Å². The number of anilines is 1. The summed E-state index contributed by atoms with van der Waals surface area (Å²) >= 11 is 5.23. The van der Waals surface area contributed by atoms with Crippen LogP contribution in [0.1, 0.15) is 11.1 Å². The summed E-state index contributed by atoms with van der Waals surface area (Å²) in [5.74, 6) is 0.184. The van der Waals surface area contributed by atoms with Crippen molar-refractivity contribution in [2.45, 2.75) is 20.4 Å². The third-order valence-corrected chi connectivity index (χ3v) is 4.37. The van der Waals surface area contributed by atoms with E-state index in [1.54, 1.807) is 23.6 Å². The molecule has 0 saturated carbocycles. The number of hydrogen-bond donors (Lipinski definition) is 2. The van der Waals surface area contributed by atoms with Crippen molar-refractivity contribution in [1.82, 2.24) is 14.8 Å². The van der Waals surface area contributed by atoms with Crippen LogP contribution in [0.2, 0.25) is 0 Å². The summed E-state index contributed by atoms with van der Waals surface area (Å²) in [6.07, 6.45) is 0. The second-order valence-corrected chi connectivity index (χ2v) is 6.50. The van der Waals surface area contributed by atoms with Gasteiger partial charge in [-0.05, 0) is 32.1 Å². The Morgan fingerprint density at radius 1 is 1.26 bits per heavy atom. The van der Waals surface area contributed by atoms with Crippen molar-refractivity contribution >= 4 is 29.5 Å². The average molecular weight is 383 g/mol. The minimum absolute atomic E-state index is 0.0481. The summed E-state index contributed by atoms with van der Waals surface area (Å²) in [6.45, 7) is 3.55. The van der Waals surface area contributed by atoms with Gasteiger partial charge in [0, 0.05) is 22.9 Å². The molecule has 138 valence electrons. The summed E-state index contributed by atoms with van der Waals surface area (Å²) in [5, 5.41) is 20.6. The predicted octanol–water partition coefficient (Wildman–Crippen LogP) is 3.77. The van der Waals surface area contributed by atoms with Crippen LogP contribution in [-0.2, 0) is 11.3 Å². The van der Waals surface area contributed by atoms with Crippen LogP contribution >= 0.6 is 12.2 Å². The zero-order chi connectivity index (χ0) is 19.6. The van der Waals surface area contributed by atoms with Gasteiger partial charge in [-0.25, -0.2) is 0 Å².